The molecule has 0 aliphatic carbocycles. The van der Waals surface area contributed by atoms with Gasteiger partial charge in [-0.25, -0.2) is 4.39 Å². The Balaban J connectivity index is 1.30. The lowest BCUT2D eigenvalue weighted by Gasteiger charge is -2.37. The van der Waals surface area contributed by atoms with Crippen LogP contribution in [0.2, 0.25) is 0 Å². The maximum atomic E-state index is 13.4. The van der Waals surface area contributed by atoms with Crippen LogP contribution in [0.3, 0.4) is 0 Å². The number of hydrogen-bond acceptors (Lipinski definition) is 5. The van der Waals surface area contributed by atoms with Gasteiger partial charge in [0.1, 0.15) is 5.82 Å². The van der Waals surface area contributed by atoms with Crippen LogP contribution >= 0.6 is 11.3 Å². The Labute approximate surface area is 184 Å². The molecular formula is C22H25FN4O3S. The second-order valence-electron chi connectivity index (χ2n) is 7.92. The summed E-state index contributed by atoms with van der Waals surface area (Å²) in [7, 11) is 0. The fraction of sp³-hybridized carbons (Fsp3) is 0.409. The van der Waals surface area contributed by atoms with Crippen molar-refractivity contribution < 1.29 is 18.8 Å². The number of thiophene rings is 1. The van der Waals surface area contributed by atoms with E-state index in [0.717, 1.165) is 4.88 Å². The van der Waals surface area contributed by atoms with Crippen molar-refractivity contribution in [3.63, 3.8) is 0 Å². The van der Waals surface area contributed by atoms with Gasteiger partial charge in [-0.05, 0) is 42.5 Å². The summed E-state index contributed by atoms with van der Waals surface area (Å²) in [4.78, 5) is 40.2. The van der Waals surface area contributed by atoms with Crippen molar-refractivity contribution in [1.82, 2.24) is 20.9 Å². The van der Waals surface area contributed by atoms with E-state index in [0.29, 0.717) is 38.9 Å². The molecule has 0 spiro atoms. The number of benzene rings is 1. The van der Waals surface area contributed by atoms with Gasteiger partial charge >= 0.3 is 0 Å². The van der Waals surface area contributed by atoms with Gasteiger partial charge in [-0.3, -0.25) is 19.3 Å². The molecule has 4 rings (SSSR count). The molecule has 164 valence electrons. The Morgan fingerprint density at radius 2 is 2.13 bits per heavy atom. The van der Waals surface area contributed by atoms with Crippen molar-refractivity contribution in [2.45, 2.75) is 43.9 Å². The molecule has 2 aromatic rings. The zero-order valence-corrected chi connectivity index (χ0v) is 17.8. The SMILES string of the molecule is O=C(CC[C@@H]1CNC(=O)[C@@H]2C[C@H](NC(=O)c3cccc(F)c3)CN12)NCc1cccs1. The summed E-state index contributed by atoms with van der Waals surface area (Å²) in [6.45, 7) is 1.54. The normalized spacial score (nSPS) is 23.1. The number of piperazine rings is 1. The van der Waals surface area contributed by atoms with E-state index < -0.39 is 5.82 Å². The molecule has 0 radical (unpaired) electrons. The van der Waals surface area contributed by atoms with Gasteiger partial charge in [-0.2, -0.15) is 0 Å². The van der Waals surface area contributed by atoms with Gasteiger partial charge in [0.05, 0.1) is 12.6 Å². The molecule has 1 aromatic carbocycles. The molecule has 3 N–H and O–H groups in total. The van der Waals surface area contributed by atoms with E-state index in [1.807, 2.05) is 17.5 Å². The number of halogens is 1. The summed E-state index contributed by atoms with van der Waals surface area (Å²) in [5, 5.41) is 10.7. The van der Waals surface area contributed by atoms with Gasteiger partial charge in [-0.15, -0.1) is 11.3 Å². The lowest BCUT2D eigenvalue weighted by atomic mass is 10.0. The summed E-state index contributed by atoms with van der Waals surface area (Å²) in [5.74, 6) is -0.888. The topological polar surface area (TPSA) is 90.5 Å². The average Bonchev–Trinajstić information content (AvgIpc) is 3.42. The molecule has 31 heavy (non-hydrogen) atoms. The molecule has 0 bridgehead atoms. The molecule has 3 heterocycles. The number of nitrogens with zero attached hydrogens (tertiary/aromatic N) is 1. The van der Waals surface area contributed by atoms with E-state index in [1.54, 1.807) is 17.4 Å². The van der Waals surface area contributed by atoms with Crippen LogP contribution in [0.1, 0.15) is 34.5 Å². The number of amides is 3. The standard InChI is InChI=1S/C22H25FN4O3S/c23-15-4-1-3-14(9-15)21(29)26-16-10-19-22(30)25-11-17(27(19)13-16)6-7-20(28)24-12-18-5-2-8-31-18/h1-5,8-9,16-17,19H,6-7,10-13H2,(H,24,28)(H,25,30)(H,26,29)/t16-,17+,19-/m0/s1. The minimum atomic E-state index is -0.465. The third-order valence-corrected chi connectivity index (χ3v) is 6.67. The highest BCUT2D eigenvalue weighted by atomic mass is 32.1. The summed E-state index contributed by atoms with van der Waals surface area (Å²) in [6.07, 6.45) is 1.49. The second kappa shape index (κ2) is 9.57. The predicted octanol–water partition coefficient (Wildman–Crippen LogP) is 1.65. The van der Waals surface area contributed by atoms with Crippen LogP contribution in [0.15, 0.2) is 41.8 Å². The molecule has 9 heteroatoms. The lowest BCUT2D eigenvalue weighted by Crippen LogP contribution is -2.58. The molecule has 2 aliphatic heterocycles. The van der Waals surface area contributed by atoms with Crippen LogP contribution in [0.4, 0.5) is 4.39 Å². The Bertz CT molecular complexity index is 952. The fourth-order valence-corrected chi connectivity index (χ4v) is 4.88. The van der Waals surface area contributed by atoms with E-state index in [9.17, 15) is 18.8 Å². The van der Waals surface area contributed by atoms with Crippen molar-refractivity contribution >= 4 is 29.1 Å². The Kier molecular flexibility index (Phi) is 6.62. The van der Waals surface area contributed by atoms with E-state index in [-0.39, 0.29) is 41.4 Å². The van der Waals surface area contributed by atoms with E-state index in [4.69, 9.17) is 0 Å². The quantitative estimate of drug-likeness (QED) is 0.606. The molecule has 2 fully saturated rings. The van der Waals surface area contributed by atoms with Gasteiger partial charge in [0, 0.05) is 42.0 Å². The van der Waals surface area contributed by atoms with Crippen molar-refractivity contribution in [1.29, 1.82) is 0 Å². The van der Waals surface area contributed by atoms with Crippen LogP contribution in [-0.2, 0) is 16.1 Å². The number of carbonyl (C=O) groups excluding carboxylic acids is 3. The Morgan fingerprint density at radius 1 is 1.26 bits per heavy atom. The first kappa shape index (κ1) is 21.5. The summed E-state index contributed by atoms with van der Waals surface area (Å²) < 4.78 is 13.4. The first-order valence-electron chi connectivity index (χ1n) is 10.4. The lowest BCUT2D eigenvalue weighted by molar-refractivity contribution is -0.129. The molecule has 7 nitrogen and oxygen atoms in total. The first-order chi connectivity index (χ1) is 15.0. The summed E-state index contributed by atoms with van der Waals surface area (Å²) in [6, 6.07) is 8.97. The molecule has 2 saturated heterocycles. The largest absolute Gasteiger partial charge is 0.353 e. The highest BCUT2D eigenvalue weighted by Crippen LogP contribution is 2.26. The van der Waals surface area contributed by atoms with Crippen LogP contribution < -0.4 is 16.0 Å². The monoisotopic (exact) mass is 444 g/mol. The van der Waals surface area contributed by atoms with Gasteiger partial charge in [0.15, 0.2) is 0 Å². The number of hydrogen-bond donors (Lipinski definition) is 3. The number of fused-ring (bicyclic) bond motifs is 1. The molecule has 1 aromatic heterocycles. The van der Waals surface area contributed by atoms with Crippen molar-refractivity contribution in [2.75, 3.05) is 13.1 Å². The molecule has 2 aliphatic rings. The van der Waals surface area contributed by atoms with Gasteiger partial charge < -0.3 is 16.0 Å². The van der Waals surface area contributed by atoms with Crippen molar-refractivity contribution in [3.05, 3.63) is 58.0 Å². The van der Waals surface area contributed by atoms with E-state index in [1.165, 1.54) is 18.2 Å². The van der Waals surface area contributed by atoms with Crippen LogP contribution in [0, 0.1) is 5.82 Å². The van der Waals surface area contributed by atoms with E-state index in [2.05, 4.69) is 20.9 Å². The fourth-order valence-electron chi connectivity index (χ4n) is 4.23. The second-order valence-corrected chi connectivity index (χ2v) is 8.96. The summed E-state index contributed by atoms with van der Waals surface area (Å²) >= 11 is 1.60. The molecule has 3 amide bonds. The third-order valence-electron chi connectivity index (χ3n) is 5.79. The maximum Gasteiger partial charge on any atom is 0.251 e. The van der Waals surface area contributed by atoms with Crippen molar-refractivity contribution in [3.8, 4) is 0 Å². The smallest absolute Gasteiger partial charge is 0.251 e. The van der Waals surface area contributed by atoms with E-state index >= 15 is 0 Å². The predicted molar refractivity (Wildman–Crippen MR) is 115 cm³/mol. The average molecular weight is 445 g/mol. The Hall–Kier alpha value is -2.78. The molecule has 0 unspecified atom stereocenters. The minimum absolute atomic E-state index is 0.0167. The van der Waals surface area contributed by atoms with Crippen molar-refractivity contribution in [2.24, 2.45) is 0 Å². The number of rotatable bonds is 7. The van der Waals surface area contributed by atoms with Crippen LogP contribution in [0.25, 0.3) is 0 Å². The van der Waals surface area contributed by atoms with Gasteiger partial charge in [-0.1, -0.05) is 12.1 Å². The minimum Gasteiger partial charge on any atom is -0.353 e. The highest BCUT2D eigenvalue weighted by molar-refractivity contribution is 7.09. The third kappa shape index (κ3) is 5.29. The zero-order chi connectivity index (χ0) is 21.8. The molecule has 3 atom stereocenters. The number of nitrogens with one attached hydrogen (secondary N) is 3. The van der Waals surface area contributed by atoms with Gasteiger partial charge in [0.2, 0.25) is 11.8 Å². The molecular weight excluding hydrogens is 419 g/mol. The zero-order valence-electron chi connectivity index (χ0n) is 17.0. The van der Waals surface area contributed by atoms with Crippen LogP contribution in [-0.4, -0.2) is 53.8 Å². The Morgan fingerprint density at radius 3 is 2.90 bits per heavy atom. The molecule has 0 saturated carbocycles. The number of carbonyl (C=O) groups is 3. The van der Waals surface area contributed by atoms with Crippen LogP contribution in [0.5, 0.6) is 0 Å². The highest BCUT2D eigenvalue weighted by Gasteiger charge is 2.43. The van der Waals surface area contributed by atoms with Gasteiger partial charge in [0.25, 0.3) is 5.91 Å². The first-order valence-corrected chi connectivity index (χ1v) is 11.3. The maximum absolute atomic E-state index is 13.4. The summed E-state index contributed by atoms with van der Waals surface area (Å²) in [5.41, 5.74) is 0.258.